The topological polar surface area (TPSA) is 110 Å². The number of hydrogen-bond donors (Lipinski definition) is 3. The van der Waals surface area contributed by atoms with E-state index in [1.807, 2.05) is 0 Å². The molecule has 1 unspecified atom stereocenters. The van der Waals surface area contributed by atoms with E-state index in [4.69, 9.17) is 4.74 Å². The van der Waals surface area contributed by atoms with E-state index >= 15 is 0 Å². The van der Waals surface area contributed by atoms with Gasteiger partial charge in [0, 0.05) is 39.0 Å². The van der Waals surface area contributed by atoms with E-state index in [2.05, 4.69) is 30.6 Å². The molecule has 1 fully saturated rings. The number of aliphatic hydroxyl groups is 1. The standard InChI is InChI=1S/C12H17N7O2/c1-13-9-16-10(15-6-12(20)2-5-21-7-12)18-11(17-9)19-4-3-14-8-19/h3-4,8,20H,2,5-7H2,1H3,(H2,13,15,16,17,18). The predicted molar refractivity (Wildman–Crippen MR) is 75.4 cm³/mol. The highest BCUT2D eigenvalue weighted by atomic mass is 16.5. The molecule has 1 saturated heterocycles. The van der Waals surface area contributed by atoms with Crippen LogP contribution >= 0.6 is 0 Å². The Bertz CT molecular complexity index is 596. The number of nitrogens with one attached hydrogen (secondary N) is 2. The van der Waals surface area contributed by atoms with Gasteiger partial charge in [0.2, 0.25) is 17.8 Å². The third-order valence-corrected chi connectivity index (χ3v) is 3.24. The molecule has 3 heterocycles. The molecule has 0 saturated carbocycles. The number of aromatic nitrogens is 5. The summed E-state index contributed by atoms with van der Waals surface area (Å²) < 4.78 is 6.89. The lowest BCUT2D eigenvalue weighted by Gasteiger charge is -2.20. The number of hydrogen-bond acceptors (Lipinski definition) is 8. The highest BCUT2D eigenvalue weighted by Crippen LogP contribution is 2.19. The minimum atomic E-state index is -0.873. The molecule has 2 aromatic heterocycles. The molecule has 1 aliphatic rings. The largest absolute Gasteiger partial charge is 0.386 e. The zero-order valence-corrected chi connectivity index (χ0v) is 11.7. The average molecular weight is 291 g/mol. The molecule has 1 atom stereocenters. The van der Waals surface area contributed by atoms with Gasteiger partial charge in [-0.05, 0) is 0 Å². The van der Waals surface area contributed by atoms with Crippen LogP contribution in [0.15, 0.2) is 18.7 Å². The maximum atomic E-state index is 10.2. The number of rotatable bonds is 5. The number of ether oxygens (including phenoxy) is 1. The number of imidazole rings is 1. The average Bonchev–Trinajstić information content (AvgIpc) is 3.17. The van der Waals surface area contributed by atoms with Gasteiger partial charge in [0.05, 0.1) is 6.61 Å². The summed E-state index contributed by atoms with van der Waals surface area (Å²) in [7, 11) is 1.73. The molecule has 3 N–H and O–H groups in total. The van der Waals surface area contributed by atoms with E-state index in [0.29, 0.717) is 44.0 Å². The lowest BCUT2D eigenvalue weighted by molar-refractivity contribution is 0.0380. The molecule has 1 aliphatic heterocycles. The maximum Gasteiger partial charge on any atom is 0.241 e. The lowest BCUT2D eigenvalue weighted by Crippen LogP contribution is -2.37. The Hall–Kier alpha value is -2.26. The van der Waals surface area contributed by atoms with Crippen molar-refractivity contribution in [2.45, 2.75) is 12.0 Å². The van der Waals surface area contributed by atoms with Gasteiger partial charge in [-0.3, -0.25) is 4.57 Å². The highest BCUT2D eigenvalue weighted by molar-refractivity contribution is 5.37. The van der Waals surface area contributed by atoms with Crippen LogP contribution < -0.4 is 10.6 Å². The fourth-order valence-corrected chi connectivity index (χ4v) is 2.03. The SMILES string of the molecule is CNc1nc(NCC2(O)CCOC2)nc(-n2ccnc2)n1. The van der Waals surface area contributed by atoms with Crippen LogP contribution in [0.1, 0.15) is 6.42 Å². The van der Waals surface area contributed by atoms with Crippen molar-refractivity contribution in [2.75, 3.05) is 37.4 Å². The van der Waals surface area contributed by atoms with Crippen LogP contribution in [0.5, 0.6) is 0 Å². The molecule has 0 spiro atoms. The fraction of sp³-hybridized carbons (Fsp3) is 0.500. The van der Waals surface area contributed by atoms with Crippen molar-refractivity contribution in [3.63, 3.8) is 0 Å². The molecular formula is C12H17N7O2. The third kappa shape index (κ3) is 3.09. The van der Waals surface area contributed by atoms with Crippen LogP contribution in [0.25, 0.3) is 5.95 Å². The van der Waals surface area contributed by atoms with Gasteiger partial charge in [0.25, 0.3) is 0 Å². The zero-order valence-electron chi connectivity index (χ0n) is 11.7. The minimum absolute atomic E-state index is 0.318. The summed E-state index contributed by atoms with van der Waals surface area (Å²) in [5.41, 5.74) is -0.873. The summed E-state index contributed by atoms with van der Waals surface area (Å²) in [4.78, 5) is 16.8. The van der Waals surface area contributed by atoms with Gasteiger partial charge in [-0.25, -0.2) is 4.98 Å². The summed E-state index contributed by atoms with van der Waals surface area (Å²) in [5.74, 6) is 1.27. The second kappa shape index (κ2) is 5.62. The molecule has 0 aromatic carbocycles. The first-order valence-electron chi connectivity index (χ1n) is 6.65. The smallest absolute Gasteiger partial charge is 0.241 e. The minimum Gasteiger partial charge on any atom is -0.386 e. The molecule has 0 amide bonds. The molecule has 0 radical (unpaired) electrons. The first-order valence-corrected chi connectivity index (χ1v) is 6.65. The Labute approximate surface area is 121 Å². The van der Waals surface area contributed by atoms with Gasteiger partial charge in [-0.1, -0.05) is 0 Å². The second-order valence-electron chi connectivity index (χ2n) is 4.88. The van der Waals surface area contributed by atoms with Gasteiger partial charge >= 0.3 is 0 Å². The van der Waals surface area contributed by atoms with E-state index in [1.54, 1.807) is 30.3 Å². The molecule has 0 bridgehead atoms. The summed E-state index contributed by atoms with van der Waals surface area (Å²) >= 11 is 0. The van der Waals surface area contributed by atoms with Crippen molar-refractivity contribution < 1.29 is 9.84 Å². The Morgan fingerprint density at radius 2 is 2.24 bits per heavy atom. The van der Waals surface area contributed by atoms with E-state index in [1.165, 1.54) is 0 Å². The van der Waals surface area contributed by atoms with E-state index < -0.39 is 5.60 Å². The third-order valence-electron chi connectivity index (χ3n) is 3.24. The van der Waals surface area contributed by atoms with Crippen LogP contribution in [0.4, 0.5) is 11.9 Å². The van der Waals surface area contributed by atoms with E-state index in [-0.39, 0.29) is 0 Å². The molecule has 112 valence electrons. The molecule has 3 rings (SSSR count). The van der Waals surface area contributed by atoms with Gasteiger partial charge in [-0.15, -0.1) is 0 Å². The van der Waals surface area contributed by atoms with Crippen molar-refractivity contribution in [3.05, 3.63) is 18.7 Å². The summed E-state index contributed by atoms with van der Waals surface area (Å²) in [5, 5.41) is 16.2. The van der Waals surface area contributed by atoms with Gasteiger partial charge in [0.1, 0.15) is 11.9 Å². The molecule has 2 aromatic rings. The Morgan fingerprint density at radius 1 is 1.38 bits per heavy atom. The Kier molecular flexibility index (Phi) is 3.67. The molecule has 21 heavy (non-hydrogen) atoms. The monoisotopic (exact) mass is 291 g/mol. The normalized spacial score (nSPS) is 21.4. The maximum absolute atomic E-state index is 10.2. The molecule has 9 nitrogen and oxygen atoms in total. The highest BCUT2D eigenvalue weighted by Gasteiger charge is 2.32. The van der Waals surface area contributed by atoms with E-state index in [0.717, 1.165) is 0 Å². The lowest BCUT2D eigenvalue weighted by atomic mass is 10.0. The van der Waals surface area contributed by atoms with Crippen molar-refractivity contribution in [2.24, 2.45) is 0 Å². The van der Waals surface area contributed by atoms with Crippen molar-refractivity contribution in [1.29, 1.82) is 0 Å². The first kappa shape index (κ1) is 13.7. The number of nitrogens with zero attached hydrogens (tertiary/aromatic N) is 5. The van der Waals surface area contributed by atoms with Gasteiger partial charge in [0.15, 0.2) is 0 Å². The Balaban J connectivity index is 1.79. The van der Waals surface area contributed by atoms with Gasteiger partial charge in [-0.2, -0.15) is 15.0 Å². The van der Waals surface area contributed by atoms with Crippen molar-refractivity contribution in [1.82, 2.24) is 24.5 Å². The quantitative estimate of drug-likeness (QED) is 0.686. The fourth-order valence-electron chi connectivity index (χ4n) is 2.03. The van der Waals surface area contributed by atoms with E-state index in [9.17, 15) is 5.11 Å². The first-order chi connectivity index (χ1) is 10.2. The predicted octanol–water partition coefficient (Wildman–Crippen LogP) is -0.338. The van der Waals surface area contributed by atoms with Gasteiger partial charge < -0.3 is 20.5 Å². The van der Waals surface area contributed by atoms with Crippen molar-refractivity contribution in [3.8, 4) is 5.95 Å². The van der Waals surface area contributed by atoms with Crippen LogP contribution in [0.3, 0.4) is 0 Å². The van der Waals surface area contributed by atoms with Crippen LogP contribution in [-0.4, -0.2) is 62.0 Å². The molecular weight excluding hydrogens is 274 g/mol. The Morgan fingerprint density at radius 3 is 2.90 bits per heavy atom. The molecule has 0 aliphatic carbocycles. The zero-order chi connectivity index (χ0) is 14.7. The van der Waals surface area contributed by atoms with Crippen molar-refractivity contribution >= 4 is 11.9 Å². The van der Waals surface area contributed by atoms with Crippen LogP contribution in [0.2, 0.25) is 0 Å². The summed E-state index contributed by atoms with van der Waals surface area (Å²) in [6, 6.07) is 0. The van der Waals surface area contributed by atoms with Crippen LogP contribution in [-0.2, 0) is 4.74 Å². The summed E-state index contributed by atoms with van der Waals surface area (Å²) in [6.45, 7) is 1.21. The summed E-state index contributed by atoms with van der Waals surface area (Å²) in [6.07, 6.45) is 5.60. The number of anilines is 2. The van der Waals surface area contributed by atoms with Crippen LogP contribution in [0, 0.1) is 0 Å². The molecule has 9 heteroatoms. The second-order valence-corrected chi connectivity index (χ2v) is 4.88.